The zero-order valence-electron chi connectivity index (χ0n) is 20.2. The Kier molecular flexibility index (Phi) is 7.00. The highest BCUT2D eigenvalue weighted by Gasteiger charge is 2.26. The van der Waals surface area contributed by atoms with Crippen molar-refractivity contribution >= 4 is 23.1 Å². The van der Waals surface area contributed by atoms with Gasteiger partial charge < -0.3 is 14.2 Å². The van der Waals surface area contributed by atoms with Crippen LogP contribution in [0.3, 0.4) is 0 Å². The summed E-state index contributed by atoms with van der Waals surface area (Å²) in [4.78, 5) is 38.7. The van der Waals surface area contributed by atoms with Crippen LogP contribution in [0.15, 0.2) is 54.6 Å². The van der Waals surface area contributed by atoms with Crippen LogP contribution in [0.5, 0.6) is 0 Å². The van der Waals surface area contributed by atoms with E-state index in [1.807, 2.05) is 53.6 Å². The van der Waals surface area contributed by atoms with E-state index < -0.39 is 17.5 Å². The molecule has 1 fully saturated rings. The summed E-state index contributed by atoms with van der Waals surface area (Å²) in [7, 11) is 0. The third-order valence-electron chi connectivity index (χ3n) is 6.61. The number of para-hydroxylation sites is 1. The Morgan fingerprint density at radius 2 is 1.74 bits per heavy atom. The van der Waals surface area contributed by atoms with E-state index in [0.29, 0.717) is 17.2 Å². The number of piperidine rings is 1. The molecule has 2 heterocycles. The first-order valence-electron chi connectivity index (χ1n) is 11.7. The minimum Gasteiger partial charge on any atom is -0.454 e. The average molecular weight is 476 g/mol. The molecular formula is C27H29N3O5. The molecule has 35 heavy (non-hydrogen) atoms. The van der Waals surface area contributed by atoms with Gasteiger partial charge in [-0.1, -0.05) is 25.1 Å². The lowest BCUT2D eigenvalue weighted by Gasteiger charge is -2.31. The minimum absolute atomic E-state index is 0.0494. The van der Waals surface area contributed by atoms with Gasteiger partial charge in [0.1, 0.15) is 5.69 Å². The molecule has 0 spiro atoms. The van der Waals surface area contributed by atoms with Crippen LogP contribution in [0.2, 0.25) is 0 Å². The van der Waals surface area contributed by atoms with Gasteiger partial charge in [0.25, 0.3) is 5.69 Å². The van der Waals surface area contributed by atoms with Crippen molar-refractivity contribution in [1.29, 1.82) is 0 Å². The van der Waals surface area contributed by atoms with E-state index in [1.165, 1.54) is 12.1 Å². The number of benzene rings is 2. The average Bonchev–Trinajstić information content (AvgIpc) is 3.16. The second-order valence-corrected chi connectivity index (χ2v) is 9.09. The molecule has 0 atom stereocenters. The fourth-order valence-corrected chi connectivity index (χ4v) is 4.63. The predicted molar refractivity (Wildman–Crippen MR) is 134 cm³/mol. The number of ketones is 1. The Morgan fingerprint density at radius 3 is 2.40 bits per heavy atom. The van der Waals surface area contributed by atoms with Crippen LogP contribution < -0.4 is 4.90 Å². The lowest BCUT2D eigenvalue weighted by molar-refractivity contribution is -0.384. The number of ether oxygens (including phenoxy) is 1. The summed E-state index contributed by atoms with van der Waals surface area (Å²) in [5.41, 5.74) is 3.48. The third kappa shape index (κ3) is 5.11. The molecular weight excluding hydrogens is 446 g/mol. The Morgan fingerprint density at radius 1 is 1.06 bits per heavy atom. The quantitative estimate of drug-likeness (QED) is 0.200. The fourth-order valence-electron chi connectivity index (χ4n) is 4.63. The van der Waals surface area contributed by atoms with E-state index in [4.69, 9.17) is 4.74 Å². The SMILES string of the molecule is Cc1cc(C(=O)COC(=O)c2ccc(N3CCC(C)CC3)c([N+](=O)[O-])c2)c(C)n1-c1ccccc1. The number of hydrogen-bond donors (Lipinski definition) is 0. The molecule has 0 unspecified atom stereocenters. The number of nitrogens with zero attached hydrogens (tertiary/aromatic N) is 3. The topological polar surface area (TPSA) is 94.7 Å². The maximum absolute atomic E-state index is 12.9. The lowest BCUT2D eigenvalue weighted by Crippen LogP contribution is -2.33. The molecule has 1 aromatic heterocycles. The number of nitro groups is 1. The van der Waals surface area contributed by atoms with Gasteiger partial charge >= 0.3 is 5.97 Å². The van der Waals surface area contributed by atoms with Crippen molar-refractivity contribution in [3.63, 3.8) is 0 Å². The van der Waals surface area contributed by atoms with Gasteiger partial charge in [0.05, 0.1) is 10.5 Å². The zero-order valence-corrected chi connectivity index (χ0v) is 20.2. The Bertz CT molecular complexity index is 1260. The van der Waals surface area contributed by atoms with Crippen molar-refractivity contribution in [2.75, 3.05) is 24.6 Å². The van der Waals surface area contributed by atoms with Crippen molar-refractivity contribution in [3.8, 4) is 5.69 Å². The molecule has 0 aliphatic carbocycles. The van der Waals surface area contributed by atoms with E-state index in [-0.39, 0.29) is 17.0 Å². The van der Waals surface area contributed by atoms with E-state index >= 15 is 0 Å². The molecule has 0 saturated carbocycles. The van der Waals surface area contributed by atoms with E-state index in [1.54, 1.807) is 12.1 Å². The van der Waals surface area contributed by atoms with Gasteiger partial charge in [-0.15, -0.1) is 0 Å². The van der Waals surface area contributed by atoms with Gasteiger partial charge in [-0.25, -0.2) is 4.79 Å². The monoisotopic (exact) mass is 475 g/mol. The summed E-state index contributed by atoms with van der Waals surface area (Å²) in [6.45, 7) is 6.96. The van der Waals surface area contributed by atoms with Crippen molar-refractivity contribution in [2.45, 2.75) is 33.6 Å². The molecule has 4 rings (SSSR count). The van der Waals surface area contributed by atoms with Crippen molar-refractivity contribution in [3.05, 3.63) is 87.2 Å². The van der Waals surface area contributed by atoms with Gasteiger partial charge in [-0.3, -0.25) is 14.9 Å². The molecule has 1 saturated heterocycles. The minimum atomic E-state index is -0.767. The Balaban J connectivity index is 1.47. The number of esters is 1. The van der Waals surface area contributed by atoms with Gasteiger partial charge in [0.2, 0.25) is 5.78 Å². The number of hydrogen-bond acceptors (Lipinski definition) is 6. The highest BCUT2D eigenvalue weighted by atomic mass is 16.6. The highest BCUT2D eigenvalue weighted by Crippen LogP contribution is 2.32. The number of aryl methyl sites for hydroxylation is 1. The fraction of sp³-hybridized carbons (Fsp3) is 0.333. The van der Waals surface area contributed by atoms with E-state index in [2.05, 4.69) is 6.92 Å². The Labute approximate surface area is 204 Å². The van der Waals surface area contributed by atoms with E-state index in [0.717, 1.165) is 43.0 Å². The first-order valence-corrected chi connectivity index (χ1v) is 11.7. The van der Waals surface area contributed by atoms with Crippen LogP contribution >= 0.6 is 0 Å². The molecule has 1 aliphatic heterocycles. The van der Waals surface area contributed by atoms with Crippen LogP contribution in [0, 0.1) is 29.9 Å². The number of carbonyl (C=O) groups is 2. The number of Topliss-reactive ketones (excluding diaryl/α,β-unsaturated/α-hetero) is 1. The summed E-state index contributed by atoms with van der Waals surface area (Å²) in [5, 5.41) is 11.7. The second kappa shape index (κ2) is 10.1. The number of anilines is 1. The van der Waals surface area contributed by atoms with Crippen LogP contribution in [0.25, 0.3) is 5.69 Å². The summed E-state index contributed by atoms with van der Waals surface area (Å²) >= 11 is 0. The molecule has 8 nitrogen and oxygen atoms in total. The summed E-state index contributed by atoms with van der Waals surface area (Å²) in [6, 6.07) is 15.8. The number of rotatable bonds is 7. The van der Waals surface area contributed by atoms with Gasteiger partial charge in [-0.2, -0.15) is 0 Å². The maximum atomic E-state index is 12.9. The summed E-state index contributed by atoms with van der Waals surface area (Å²) in [6.07, 6.45) is 1.93. The summed E-state index contributed by atoms with van der Waals surface area (Å²) in [5.74, 6) is -0.506. The molecule has 2 aromatic carbocycles. The van der Waals surface area contributed by atoms with Crippen molar-refractivity contribution < 1.29 is 19.2 Å². The first kappa shape index (κ1) is 24.2. The van der Waals surface area contributed by atoms with Crippen LogP contribution in [0.4, 0.5) is 11.4 Å². The third-order valence-corrected chi connectivity index (χ3v) is 6.61. The number of aromatic nitrogens is 1. The van der Waals surface area contributed by atoms with E-state index in [9.17, 15) is 19.7 Å². The second-order valence-electron chi connectivity index (χ2n) is 9.09. The lowest BCUT2D eigenvalue weighted by atomic mass is 9.98. The van der Waals surface area contributed by atoms with Crippen LogP contribution in [0.1, 0.15) is 51.9 Å². The van der Waals surface area contributed by atoms with Crippen LogP contribution in [-0.4, -0.2) is 40.9 Å². The molecule has 8 heteroatoms. The largest absolute Gasteiger partial charge is 0.454 e. The molecule has 0 N–H and O–H groups in total. The smallest absolute Gasteiger partial charge is 0.338 e. The Hall–Kier alpha value is -3.94. The van der Waals surface area contributed by atoms with Gasteiger partial charge in [0.15, 0.2) is 6.61 Å². The molecule has 1 aliphatic rings. The standard InChI is InChI=1S/C27H29N3O5/c1-18-11-13-28(14-12-18)24-10-9-21(16-25(24)30(33)34)27(32)35-17-26(31)23-15-19(2)29(20(23)3)22-7-5-4-6-8-22/h4-10,15-16,18H,11-14,17H2,1-3H3. The normalized spacial score (nSPS) is 14.1. The zero-order chi connectivity index (χ0) is 25.1. The van der Waals surface area contributed by atoms with Crippen LogP contribution in [-0.2, 0) is 4.74 Å². The predicted octanol–water partition coefficient (Wildman–Crippen LogP) is 5.28. The van der Waals surface area contributed by atoms with Gasteiger partial charge in [-0.05, 0) is 62.9 Å². The first-order chi connectivity index (χ1) is 16.8. The van der Waals surface area contributed by atoms with Crippen molar-refractivity contribution in [2.24, 2.45) is 5.92 Å². The molecule has 0 bridgehead atoms. The van der Waals surface area contributed by atoms with Gasteiger partial charge in [0, 0.05) is 41.8 Å². The molecule has 0 radical (unpaired) electrons. The molecule has 182 valence electrons. The molecule has 0 amide bonds. The molecule has 3 aromatic rings. The number of carbonyl (C=O) groups excluding carboxylic acids is 2. The van der Waals surface area contributed by atoms with Crippen molar-refractivity contribution in [1.82, 2.24) is 4.57 Å². The summed E-state index contributed by atoms with van der Waals surface area (Å²) < 4.78 is 7.23. The number of nitro benzene ring substituents is 1. The maximum Gasteiger partial charge on any atom is 0.338 e. The highest BCUT2D eigenvalue weighted by molar-refractivity contribution is 6.00.